The maximum Gasteiger partial charge on any atom is 0.00849 e. The molecule has 0 aromatic carbocycles. The molecule has 0 aromatic rings. The second-order valence-electron chi connectivity index (χ2n) is 4.51. The molecule has 1 spiro atoms. The van der Waals surface area contributed by atoms with Gasteiger partial charge in [-0.2, -0.15) is 0 Å². The summed E-state index contributed by atoms with van der Waals surface area (Å²) in [5.74, 6) is 0. The second kappa shape index (κ2) is 2.46. The summed E-state index contributed by atoms with van der Waals surface area (Å²) in [6, 6.07) is 0. The minimum absolute atomic E-state index is 0.696. The lowest BCUT2D eigenvalue weighted by molar-refractivity contribution is -0.0330. The summed E-state index contributed by atoms with van der Waals surface area (Å²) in [6.45, 7) is 5.30. The molecule has 0 amide bonds. The van der Waals surface area contributed by atoms with Crippen molar-refractivity contribution in [3.63, 3.8) is 0 Å². The number of likely N-dealkylation sites (tertiary alicyclic amines) is 2. The van der Waals surface area contributed by atoms with E-state index in [1.54, 1.807) is 0 Å². The Balaban J connectivity index is 1.93. The average molecular weight is 154 g/mol. The molecule has 0 N–H and O–H groups in total. The van der Waals surface area contributed by atoms with Gasteiger partial charge >= 0.3 is 0 Å². The Kier molecular flexibility index (Phi) is 1.69. The van der Waals surface area contributed by atoms with Crippen molar-refractivity contribution in [2.24, 2.45) is 5.41 Å². The van der Waals surface area contributed by atoms with Gasteiger partial charge in [-0.1, -0.05) is 0 Å². The lowest BCUT2D eigenvalue weighted by Crippen LogP contribution is -2.60. The van der Waals surface area contributed by atoms with Crippen molar-refractivity contribution in [3.8, 4) is 0 Å². The van der Waals surface area contributed by atoms with Crippen LogP contribution < -0.4 is 0 Å². The molecule has 2 heterocycles. The lowest BCUT2D eigenvalue weighted by atomic mass is 9.74. The van der Waals surface area contributed by atoms with E-state index in [1.165, 1.54) is 39.0 Å². The van der Waals surface area contributed by atoms with Crippen LogP contribution in [0.4, 0.5) is 0 Å². The molecular weight excluding hydrogens is 136 g/mol. The highest BCUT2D eigenvalue weighted by atomic mass is 15.2. The van der Waals surface area contributed by atoms with Crippen LogP contribution in [0.15, 0.2) is 0 Å². The van der Waals surface area contributed by atoms with Crippen molar-refractivity contribution in [1.82, 2.24) is 9.80 Å². The normalized spacial score (nSPS) is 32.2. The minimum Gasteiger partial charge on any atom is -0.306 e. The van der Waals surface area contributed by atoms with E-state index in [0.717, 1.165) is 0 Å². The van der Waals surface area contributed by atoms with Crippen LogP contribution in [0, 0.1) is 5.41 Å². The summed E-state index contributed by atoms with van der Waals surface area (Å²) < 4.78 is 0. The molecule has 0 atom stereocenters. The summed E-state index contributed by atoms with van der Waals surface area (Å²) in [4.78, 5) is 4.91. The third-order valence-corrected chi connectivity index (χ3v) is 3.06. The van der Waals surface area contributed by atoms with E-state index in [9.17, 15) is 0 Å². The Morgan fingerprint density at radius 1 is 1.00 bits per heavy atom. The van der Waals surface area contributed by atoms with Crippen molar-refractivity contribution in [2.45, 2.75) is 12.8 Å². The summed E-state index contributed by atoms with van der Waals surface area (Å²) in [5.41, 5.74) is 0.696. The fourth-order valence-corrected chi connectivity index (χ4v) is 2.81. The van der Waals surface area contributed by atoms with E-state index >= 15 is 0 Å². The van der Waals surface area contributed by atoms with Gasteiger partial charge in [0.15, 0.2) is 0 Å². The first-order chi connectivity index (χ1) is 5.20. The number of nitrogens with zero attached hydrogens (tertiary/aromatic N) is 2. The summed E-state index contributed by atoms with van der Waals surface area (Å²) >= 11 is 0. The molecule has 64 valence electrons. The van der Waals surface area contributed by atoms with Crippen molar-refractivity contribution in [3.05, 3.63) is 0 Å². The van der Waals surface area contributed by atoms with Crippen LogP contribution in [0.3, 0.4) is 0 Å². The van der Waals surface area contributed by atoms with Crippen LogP contribution in [0.5, 0.6) is 0 Å². The number of hydrogen-bond acceptors (Lipinski definition) is 2. The molecule has 0 unspecified atom stereocenters. The molecule has 2 heteroatoms. The van der Waals surface area contributed by atoms with E-state index in [4.69, 9.17) is 0 Å². The highest BCUT2D eigenvalue weighted by molar-refractivity contribution is 4.97. The monoisotopic (exact) mass is 154 g/mol. The van der Waals surface area contributed by atoms with Crippen molar-refractivity contribution >= 4 is 0 Å². The molecule has 0 bridgehead atoms. The topological polar surface area (TPSA) is 6.48 Å². The molecule has 2 fully saturated rings. The fraction of sp³-hybridized carbons (Fsp3) is 1.00. The zero-order chi connectivity index (χ0) is 7.90. The molecule has 0 aromatic heterocycles. The van der Waals surface area contributed by atoms with Crippen molar-refractivity contribution < 1.29 is 0 Å². The van der Waals surface area contributed by atoms with Gasteiger partial charge in [-0.25, -0.2) is 0 Å². The Bertz CT molecular complexity index is 144. The molecular formula is C9H18N2. The molecule has 0 saturated carbocycles. The molecule has 0 aliphatic carbocycles. The third kappa shape index (κ3) is 1.30. The number of rotatable bonds is 0. The van der Waals surface area contributed by atoms with Gasteiger partial charge in [0.1, 0.15) is 0 Å². The first kappa shape index (κ1) is 7.56. The quantitative estimate of drug-likeness (QED) is 0.505. The van der Waals surface area contributed by atoms with Crippen LogP contribution in [-0.2, 0) is 0 Å². The van der Waals surface area contributed by atoms with Gasteiger partial charge < -0.3 is 9.80 Å². The second-order valence-corrected chi connectivity index (χ2v) is 4.51. The zero-order valence-corrected chi connectivity index (χ0v) is 7.64. The van der Waals surface area contributed by atoms with E-state index in [-0.39, 0.29) is 0 Å². The summed E-state index contributed by atoms with van der Waals surface area (Å²) in [7, 11) is 4.47. The van der Waals surface area contributed by atoms with Crippen LogP contribution in [0.2, 0.25) is 0 Å². The van der Waals surface area contributed by atoms with Gasteiger partial charge in [-0.05, 0) is 33.5 Å². The van der Waals surface area contributed by atoms with Gasteiger partial charge in [0.05, 0.1) is 0 Å². The molecule has 0 radical (unpaired) electrons. The molecule has 2 nitrogen and oxygen atoms in total. The van der Waals surface area contributed by atoms with Crippen LogP contribution in [-0.4, -0.2) is 50.1 Å². The number of hydrogen-bond donors (Lipinski definition) is 0. The first-order valence-corrected chi connectivity index (χ1v) is 4.57. The van der Waals surface area contributed by atoms with Crippen LogP contribution >= 0.6 is 0 Å². The number of piperidine rings is 1. The third-order valence-electron chi connectivity index (χ3n) is 3.06. The van der Waals surface area contributed by atoms with E-state index in [0.29, 0.717) is 5.41 Å². The fourth-order valence-electron chi connectivity index (χ4n) is 2.81. The summed E-state index contributed by atoms with van der Waals surface area (Å²) in [6.07, 6.45) is 2.87. The van der Waals surface area contributed by atoms with Gasteiger partial charge in [0.25, 0.3) is 0 Å². The van der Waals surface area contributed by atoms with E-state index in [2.05, 4.69) is 23.9 Å². The lowest BCUT2D eigenvalue weighted by Gasteiger charge is -2.53. The van der Waals surface area contributed by atoms with Gasteiger partial charge in [0.2, 0.25) is 0 Å². The van der Waals surface area contributed by atoms with Crippen molar-refractivity contribution in [2.75, 3.05) is 40.3 Å². The van der Waals surface area contributed by atoms with Gasteiger partial charge in [-0.3, -0.25) is 0 Å². The van der Waals surface area contributed by atoms with E-state index < -0.39 is 0 Å². The standard InChI is InChI=1S/C9H18N2/c1-10-5-3-4-9(6-10)7-11(2)8-9/h3-8H2,1-2H3. The SMILES string of the molecule is CN1CCCC2(C1)CN(C)C2. The molecule has 2 aliphatic rings. The molecule has 2 saturated heterocycles. The maximum absolute atomic E-state index is 2.48. The smallest absolute Gasteiger partial charge is 0.00849 e. The Labute approximate surface area is 69.2 Å². The Morgan fingerprint density at radius 2 is 1.64 bits per heavy atom. The van der Waals surface area contributed by atoms with Crippen molar-refractivity contribution in [1.29, 1.82) is 0 Å². The van der Waals surface area contributed by atoms with Gasteiger partial charge in [-0.15, -0.1) is 0 Å². The predicted octanol–water partition coefficient (Wildman–Crippen LogP) is 0.644. The zero-order valence-electron chi connectivity index (χ0n) is 7.64. The largest absolute Gasteiger partial charge is 0.306 e. The molecule has 11 heavy (non-hydrogen) atoms. The maximum atomic E-state index is 2.48. The Morgan fingerprint density at radius 3 is 2.18 bits per heavy atom. The van der Waals surface area contributed by atoms with Gasteiger partial charge in [0, 0.05) is 25.0 Å². The van der Waals surface area contributed by atoms with E-state index in [1.807, 2.05) is 0 Å². The summed E-state index contributed by atoms with van der Waals surface area (Å²) in [5, 5.41) is 0. The van der Waals surface area contributed by atoms with Crippen LogP contribution in [0.1, 0.15) is 12.8 Å². The predicted molar refractivity (Wildman–Crippen MR) is 46.7 cm³/mol. The molecule has 2 aliphatic heterocycles. The first-order valence-electron chi connectivity index (χ1n) is 4.57. The average Bonchev–Trinajstić information content (AvgIpc) is 1.84. The highest BCUT2D eigenvalue weighted by Gasteiger charge is 2.42. The minimum atomic E-state index is 0.696. The molecule has 2 rings (SSSR count). The highest BCUT2D eigenvalue weighted by Crippen LogP contribution is 2.37. The Hall–Kier alpha value is -0.0800. The van der Waals surface area contributed by atoms with Crippen LogP contribution in [0.25, 0.3) is 0 Å².